The van der Waals surface area contributed by atoms with Gasteiger partial charge in [0.15, 0.2) is 0 Å². The largest absolute Gasteiger partial charge is 0.495 e. The van der Waals surface area contributed by atoms with Gasteiger partial charge >= 0.3 is 0 Å². The zero-order valence-corrected chi connectivity index (χ0v) is 19.0. The Bertz CT molecular complexity index is 1360. The van der Waals surface area contributed by atoms with Crippen molar-refractivity contribution in [1.29, 1.82) is 0 Å². The lowest BCUT2D eigenvalue weighted by molar-refractivity contribution is -0.126. The maximum Gasteiger partial charge on any atom is 0.276 e. The molecule has 6 nitrogen and oxygen atoms in total. The van der Waals surface area contributed by atoms with E-state index < -0.39 is 5.54 Å². The molecule has 0 radical (unpaired) electrons. The molecule has 33 heavy (non-hydrogen) atoms. The lowest BCUT2D eigenvalue weighted by atomic mass is 9.93. The number of hydrogen-bond donors (Lipinski definition) is 1. The second kappa shape index (κ2) is 8.04. The van der Waals surface area contributed by atoms with Gasteiger partial charge in [-0.3, -0.25) is 14.5 Å². The molecule has 2 aromatic carbocycles. The molecular formula is C25H22FN3O3S. The van der Waals surface area contributed by atoms with E-state index in [-0.39, 0.29) is 30.7 Å². The van der Waals surface area contributed by atoms with E-state index in [9.17, 15) is 14.0 Å². The molecule has 8 heteroatoms. The van der Waals surface area contributed by atoms with Crippen LogP contribution in [-0.2, 0) is 17.9 Å². The van der Waals surface area contributed by atoms with Gasteiger partial charge < -0.3 is 14.6 Å². The van der Waals surface area contributed by atoms with Gasteiger partial charge in [-0.1, -0.05) is 24.3 Å². The maximum atomic E-state index is 13.8. The second-order valence-corrected chi connectivity index (χ2v) is 9.09. The summed E-state index contributed by atoms with van der Waals surface area (Å²) in [7, 11) is 1.54. The summed E-state index contributed by atoms with van der Waals surface area (Å²) in [6, 6.07) is 17.0. The highest BCUT2D eigenvalue weighted by molar-refractivity contribution is 7.16. The number of ether oxygens (including phenoxy) is 1. The van der Waals surface area contributed by atoms with Gasteiger partial charge in [0.05, 0.1) is 19.3 Å². The van der Waals surface area contributed by atoms with Crippen molar-refractivity contribution < 1.29 is 18.7 Å². The summed E-state index contributed by atoms with van der Waals surface area (Å²) in [4.78, 5) is 30.0. The van der Waals surface area contributed by atoms with Gasteiger partial charge in [-0.2, -0.15) is 0 Å². The van der Waals surface area contributed by atoms with Crippen molar-refractivity contribution in [1.82, 2.24) is 9.88 Å². The van der Waals surface area contributed by atoms with Crippen LogP contribution in [0.2, 0.25) is 0 Å². The van der Waals surface area contributed by atoms with E-state index in [4.69, 9.17) is 4.74 Å². The number of carbonyl (C=O) groups excluding carboxylic acids is 2. The van der Waals surface area contributed by atoms with Crippen LogP contribution in [0.4, 0.5) is 10.1 Å². The van der Waals surface area contributed by atoms with Crippen LogP contribution >= 0.6 is 11.3 Å². The van der Waals surface area contributed by atoms with Crippen LogP contribution in [0.5, 0.6) is 5.75 Å². The number of halogens is 1. The molecule has 0 bridgehead atoms. The van der Waals surface area contributed by atoms with E-state index in [0.717, 1.165) is 15.8 Å². The molecule has 0 unspecified atom stereocenters. The zero-order chi connectivity index (χ0) is 23.2. The molecule has 1 aliphatic heterocycles. The normalized spacial score (nSPS) is 17.8. The number of nitrogens with zero attached hydrogens (tertiary/aromatic N) is 2. The third-order valence-electron chi connectivity index (χ3n) is 6.07. The molecule has 1 N–H and O–H groups in total. The van der Waals surface area contributed by atoms with E-state index in [1.54, 1.807) is 31.2 Å². The summed E-state index contributed by atoms with van der Waals surface area (Å²) in [5.41, 5.74) is 0.600. The first kappa shape index (κ1) is 21.2. The molecule has 2 amide bonds. The smallest absolute Gasteiger partial charge is 0.276 e. The van der Waals surface area contributed by atoms with Crippen LogP contribution in [0.3, 0.4) is 0 Å². The fourth-order valence-corrected chi connectivity index (χ4v) is 5.26. The van der Waals surface area contributed by atoms with Crippen LogP contribution < -0.4 is 15.0 Å². The molecule has 0 fully saturated rings. The highest BCUT2D eigenvalue weighted by atomic mass is 32.1. The van der Waals surface area contributed by atoms with Gasteiger partial charge in [0.2, 0.25) is 5.91 Å². The summed E-state index contributed by atoms with van der Waals surface area (Å²) in [6.07, 6.45) is 0. The minimum absolute atomic E-state index is 0.218. The first-order chi connectivity index (χ1) is 15.9. The first-order valence-electron chi connectivity index (χ1n) is 10.5. The van der Waals surface area contributed by atoms with Crippen LogP contribution in [0.15, 0.2) is 66.0 Å². The number of carbonyl (C=O) groups is 2. The molecule has 5 rings (SSSR count). The molecule has 1 atom stereocenters. The number of amides is 2. The summed E-state index contributed by atoms with van der Waals surface area (Å²) >= 11 is 1.54. The Labute approximate surface area is 194 Å². The molecule has 0 aliphatic carbocycles. The van der Waals surface area contributed by atoms with Gasteiger partial charge in [-0.15, -0.1) is 11.3 Å². The molecule has 2 aromatic heterocycles. The first-order valence-corrected chi connectivity index (χ1v) is 11.4. The standard InChI is InChI=1S/C25H22FN3O3S/c1-25(24(31)27-14-16-7-9-18(26)10-8-16)15-28-20(13-17-11-12-33-23(17)28)22(30)29(25)19-5-3-4-6-21(19)32-2/h3-13H,14-15H2,1-2H3,(H,27,31)/t25-/m1/s1. The Kier molecular flexibility index (Phi) is 5.17. The van der Waals surface area contributed by atoms with Gasteiger partial charge in [0, 0.05) is 11.9 Å². The lowest BCUT2D eigenvalue weighted by Crippen LogP contribution is -2.64. The lowest BCUT2D eigenvalue weighted by Gasteiger charge is -2.44. The molecule has 168 valence electrons. The third-order valence-corrected chi connectivity index (χ3v) is 7.02. The Balaban J connectivity index is 1.58. The van der Waals surface area contributed by atoms with Gasteiger partial charge in [-0.05, 0) is 54.3 Å². The predicted octanol–water partition coefficient (Wildman–Crippen LogP) is 4.59. The van der Waals surface area contributed by atoms with E-state index in [1.165, 1.54) is 35.5 Å². The number of methoxy groups -OCH3 is 1. The van der Waals surface area contributed by atoms with Crippen LogP contribution in [-0.4, -0.2) is 29.0 Å². The number of thiophene rings is 1. The van der Waals surface area contributed by atoms with E-state index >= 15 is 0 Å². The Morgan fingerprint density at radius 2 is 1.94 bits per heavy atom. The maximum absolute atomic E-state index is 13.8. The van der Waals surface area contributed by atoms with Gasteiger partial charge in [0.25, 0.3) is 5.91 Å². The zero-order valence-electron chi connectivity index (χ0n) is 18.2. The molecule has 3 heterocycles. The highest BCUT2D eigenvalue weighted by Crippen LogP contribution is 2.40. The molecular weight excluding hydrogens is 441 g/mol. The number of anilines is 1. The number of rotatable bonds is 5. The SMILES string of the molecule is COc1ccccc1N1C(=O)c2cc3ccsc3n2C[C@]1(C)C(=O)NCc1ccc(F)cc1. The molecule has 0 saturated heterocycles. The topological polar surface area (TPSA) is 63.6 Å². The fraction of sp³-hybridized carbons (Fsp3) is 0.200. The van der Waals surface area contributed by atoms with Crippen molar-refractivity contribution in [3.05, 3.63) is 83.1 Å². The average Bonchev–Trinajstić information content (AvgIpc) is 3.41. The van der Waals surface area contributed by atoms with Crippen molar-refractivity contribution in [3.63, 3.8) is 0 Å². The van der Waals surface area contributed by atoms with Crippen molar-refractivity contribution in [2.24, 2.45) is 0 Å². The monoisotopic (exact) mass is 463 g/mol. The van der Waals surface area contributed by atoms with E-state index in [2.05, 4.69) is 5.32 Å². The Hall–Kier alpha value is -3.65. The number of fused-ring (bicyclic) bond motifs is 3. The van der Waals surface area contributed by atoms with Crippen LogP contribution in [0, 0.1) is 5.82 Å². The minimum atomic E-state index is -1.23. The summed E-state index contributed by atoms with van der Waals surface area (Å²) < 4.78 is 20.7. The summed E-state index contributed by atoms with van der Waals surface area (Å²) in [5, 5.41) is 5.89. The van der Waals surface area contributed by atoms with Crippen molar-refractivity contribution in [3.8, 4) is 5.75 Å². The second-order valence-electron chi connectivity index (χ2n) is 8.19. The number of benzene rings is 2. The van der Waals surface area contributed by atoms with Crippen molar-refractivity contribution >= 4 is 39.1 Å². The van der Waals surface area contributed by atoms with Gasteiger partial charge in [-0.25, -0.2) is 4.39 Å². The molecule has 0 spiro atoms. The van der Waals surface area contributed by atoms with E-state index in [1.807, 2.05) is 34.2 Å². The fourth-order valence-electron chi connectivity index (χ4n) is 4.36. The quantitative estimate of drug-likeness (QED) is 0.471. The minimum Gasteiger partial charge on any atom is -0.495 e. The van der Waals surface area contributed by atoms with E-state index in [0.29, 0.717) is 17.1 Å². The predicted molar refractivity (Wildman–Crippen MR) is 126 cm³/mol. The molecule has 4 aromatic rings. The summed E-state index contributed by atoms with van der Waals surface area (Å²) in [6.45, 7) is 2.26. The average molecular weight is 464 g/mol. The molecule has 1 aliphatic rings. The van der Waals surface area contributed by atoms with Gasteiger partial charge in [0.1, 0.15) is 27.6 Å². The van der Waals surface area contributed by atoms with Crippen molar-refractivity contribution in [2.45, 2.75) is 25.6 Å². The number of nitrogens with one attached hydrogen (secondary N) is 1. The Morgan fingerprint density at radius 3 is 2.70 bits per heavy atom. The third kappa shape index (κ3) is 3.47. The van der Waals surface area contributed by atoms with Crippen LogP contribution in [0.25, 0.3) is 10.2 Å². The van der Waals surface area contributed by atoms with Crippen molar-refractivity contribution in [2.75, 3.05) is 12.0 Å². The Morgan fingerprint density at radius 1 is 1.18 bits per heavy atom. The summed E-state index contributed by atoms with van der Waals surface area (Å²) in [5.74, 6) is -0.411. The highest BCUT2D eigenvalue weighted by Gasteiger charge is 2.49. The van der Waals surface area contributed by atoms with Crippen LogP contribution in [0.1, 0.15) is 23.0 Å². The number of para-hydroxylation sites is 2. The number of aromatic nitrogens is 1. The number of hydrogen-bond acceptors (Lipinski definition) is 4. The molecule has 0 saturated carbocycles.